The number of nitrogens with zero attached hydrogens (tertiary/aromatic N) is 1. The van der Waals surface area contributed by atoms with Crippen LogP contribution in [0.5, 0.6) is 0 Å². The summed E-state index contributed by atoms with van der Waals surface area (Å²) in [5.41, 5.74) is 2.12. The van der Waals surface area contributed by atoms with Gasteiger partial charge in [-0.25, -0.2) is 0 Å². The third-order valence-corrected chi connectivity index (χ3v) is 2.74. The van der Waals surface area contributed by atoms with Gasteiger partial charge in [0.25, 0.3) is 0 Å². The molecule has 66 valence electrons. The van der Waals surface area contributed by atoms with Crippen molar-refractivity contribution in [2.45, 2.75) is 5.33 Å². The third-order valence-electron chi connectivity index (χ3n) is 1.86. The van der Waals surface area contributed by atoms with Gasteiger partial charge in [-0.3, -0.25) is 4.98 Å². The fourth-order valence-corrected chi connectivity index (χ4v) is 1.69. The van der Waals surface area contributed by atoms with E-state index in [9.17, 15) is 0 Å². The third kappa shape index (κ3) is 1.84. The Balaban J connectivity index is 2.66. The second-order valence-corrected chi connectivity index (χ2v) is 3.81. The van der Waals surface area contributed by atoms with Crippen molar-refractivity contribution < 1.29 is 0 Å². The SMILES string of the molecule is Clc1ccc2cc(CBr)cnc2c1. The summed E-state index contributed by atoms with van der Waals surface area (Å²) in [4.78, 5) is 4.30. The Kier molecular flexibility index (Phi) is 2.51. The quantitative estimate of drug-likeness (QED) is 0.708. The summed E-state index contributed by atoms with van der Waals surface area (Å²) >= 11 is 9.23. The maximum atomic E-state index is 5.84. The van der Waals surface area contributed by atoms with Gasteiger partial charge in [-0.2, -0.15) is 0 Å². The van der Waals surface area contributed by atoms with E-state index >= 15 is 0 Å². The number of hydrogen-bond donors (Lipinski definition) is 0. The summed E-state index contributed by atoms with van der Waals surface area (Å²) in [6.07, 6.45) is 1.85. The highest BCUT2D eigenvalue weighted by molar-refractivity contribution is 9.08. The second-order valence-electron chi connectivity index (χ2n) is 2.81. The number of halogens is 2. The van der Waals surface area contributed by atoms with Crippen LogP contribution < -0.4 is 0 Å². The molecule has 1 aromatic heterocycles. The van der Waals surface area contributed by atoms with Gasteiger partial charge in [0, 0.05) is 21.9 Å². The summed E-state index contributed by atoms with van der Waals surface area (Å²) < 4.78 is 0. The molecule has 0 amide bonds. The average Bonchev–Trinajstić information content (AvgIpc) is 2.17. The van der Waals surface area contributed by atoms with Crippen LogP contribution in [0.3, 0.4) is 0 Å². The Morgan fingerprint density at radius 3 is 2.92 bits per heavy atom. The highest BCUT2D eigenvalue weighted by Crippen LogP contribution is 2.19. The molecule has 0 aliphatic rings. The van der Waals surface area contributed by atoms with E-state index in [1.165, 1.54) is 5.56 Å². The Morgan fingerprint density at radius 1 is 1.31 bits per heavy atom. The minimum absolute atomic E-state index is 0.728. The van der Waals surface area contributed by atoms with Gasteiger partial charge < -0.3 is 0 Å². The molecule has 1 nitrogen and oxygen atoms in total. The maximum absolute atomic E-state index is 5.84. The van der Waals surface area contributed by atoms with Crippen molar-refractivity contribution in [3.05, 3.63) is 41.0 Å². The molecule has 0 unspecified atom stereocenters. The lowest BCUT2D eigenvalue weighted by molar-refractivity contribution is 1.32. The normalized spacial score (nSPS) is 10.6. The van der Waals surface area contributed by atoms with Gasteiger partial charge in [0.1, 0.15) is 0 Å². The zero-order valence-corrected chi connectivity index (χ0v) is 9.14. The number of aromatic nitrogens is 1. The van der Waals surface area contributed by atoms with Gasteiger partial charge in [-0.15, -0.1) is 0 Å². The van der Waals surface area contributed by atoms with Crippen molar-refractivity contribution in [1.29, 1.82) is 0 Å². The molecule has 0 saturated carbocycles. The number of rotatable bonds is 1. The lowest BCUT2D eigenvalue weighted by Crippen LogP contribution is -1.82. The van der Waals surface area contributed by atoms with Crippen molar-refractivity contribution in [2.75, 3.05) is 0 Å². The predicted molar refractivity (Wildman–Crippen MR) is 59.4 cm³/mol. The Hall–Kier alpha value is -0.600. The number of pyridine rings is 1. The first-order chi connectivity index (χ1) is 6.29. The molecule has 1 aromatic carbocycles. The molecule has 0 saturated heterocycles. The summed E-state index contributed by atoms with van der Waals surface area (Å²) in [5, 5.41) is 2.69. The Morgan fingerprint density at radius 2 is 2.15 bits per heavy atom. The van der Waals surface area contributed by atoms with Gasteiger partial charge >= 0.3 is 0 Å². The van der Waals surface area contributed by atoms with Crippen LogP contribution in [0.2, 0.25) is 5.02 Å². The molecule has 1 heterocycles. The summed E-state index contributed by atoms with van der Waals surface area (Å²) in [7, 11) is 0. The van der Waals surface area contributed by atoms with Gasteiger partial charge in [-0.05, 0) is 23.8 Å². The smallest absolute Gasteiger partial charge is 0.0716 e. The minimum atomic E-state index is 0.728. The van der Waals surface area contributed by atoms with Crippen LogP contribution in [-0.4, -0.2) is 4.98 Å². The molecule has 0 fully saturated rings. The Bertz CT molecular complexity index is 442. The molecule has 0 radical (unpaired) electrons. The van der Waals surface area contributed by atoms with Crippen LogP contribution >= 0.6 is 27.5 Å². The van der Waals surface area contributed by atoms with E-state index in [4.69, 9.17) is 11.6 Å². The first-order valence-electron chi connectivity index (χ1n) is 3.90. The molecule has 0 spiro atoms. The fraction of sp³-hybridized carbons (Fsp3) is 0.100. The van der Waals surface area contributed by atoms with Crippen LogP contribution in [-0.2, 0) is 5.33 Å². The fourth-order valence-electron chi connectivity index (χ4n) is 1.21. The van der Waals surface area contributed by atoms with E-state index in [2.05, 4.69) is 27.0 Å². The van der Waals surface area contributed by atoms with Crippen LogP contribution in [0.15, 0.2) is 30.5 Å². The second kappa shape index (κ2) is 3.64. The monoisotopic (exact) mass is 255 g/mol. The van der Waals surface area contributed by atoms with Crippen molar-refractivity contribution >= 4 is 38.4 Å². The van der Waals surface area contributed by atoms with Gasteiger partial charge in [0.15, 0.2) is 0 Å². The van der Waals surface area contributed by atoms with E-state index in [0.717, 1.165) is 21.3 Å². The van der Waals surface area contributed by atoms with Crippen LogP contribution in [0.4, 0.5) is 0 Å². The number of hydrogen-bond acceptors (Lipinski definition) is 1. The van der Waals surface area contributed by atoms with Crippen molar-refractivity contribution in [3.8, 4) is 0 Å². The highest BCUT2D eigenvalue weighted by atomic mass is 79.9. The van der Waals surface area contributed by atoms with Crippen molar-refractivity contribution in [2.24, 2.45) is 0 Å². The van der Waals surface area contributed by atoms with E-state index in [0.29, 0.717) is 0 Å². The lowest BCUT2D eigenvalue weighted by Gasteiger charge is -1.99. The zero-order valence-electron chi connectivity index (χ0n) is 6.80. The lowest BCUT2D eigenvalue weighted by atomic mass is 10.2. The van der Waals surface area contributed by atoms with Crippen LogP contribution in [0, 0.1) is 0 Å². The molecular formula is C10H7BrClN. The predicted octanol–water partition coefficient (Wildman–Crippen LogP) is 3.78. The summed E-state index contributed by atoms with van der Waals surface area (Å²) in [6, 6.07) is 7.84. The molecule has 0 aliphatic heterocycles. The first-order valence-corrected chi connectivity index (χ1v) is 5.40. The van der Waals surface area contributed by atoms with E-state index in [1.807, 2.05) is 24.4 Å². The number of benzene rings is 1. The molecule has 0 N–H and O–H groups in total. The van der Waals surface area contributed by atoms with Crippen molar-refractivity contribution in [1.82, 2.24) is 4.98 Å². The van der Waals surface area contributed by atoms with Crippen LogP contribution in [0.25, 0.3) is 10.9 Å². The summed E-state index contributed by atoms with van der Waals surface area (Å²) in [6.45, 7) is 0. The highest BCUT2D eigenvalue weighted by Gasteiger charge is 1.97. The summed E-state index contributed by atoms with van der Waals surface area (Å²) in [5.74, 6) is 0. The van der Waals surface area contributed by atoms with E-state index in [-0.39, 0.29) is 0 Å². The van der Waals surface area contributed by atoms with E-state index in [1.54, 1.807) is 0 Å². The molecule has 0 atom stereocenters. The molecule has 3 heteroatoms. The number of fused-ring (bicyclic) bond motifs is 1. The maximum Gasteiger partial charge on any atom is 0.0716 e. The van der Waals surface area contributed by atoms with E-state index < -0.39 is 0 Å². The standard InChI is InChI=1S/C10H7BrClN/c11-5-7-3-8-1-2-9(12)4-10(8)13-6-7/h1-4,6H,5H2. The van der Waals surface area contributed by atoms with Gasteiger partial charge in [0.2, 0.25) is 0 Å². The minimum Gasteiger partial charge on any atom is -0.256 e. The van der Waals surface area contributed by atoms with Gasteiger partial charge in [0.05, 0.1) is 5.52 Å². The number of alkyl halides is 1. The molecule has 0 aliphatic carbocycles. The largest absolute Gasteiger partial charge is 0.256 e. The zero-order chi connectivity index (χ0) is 9.26. The molecular weight excluding hydrogens is 249 g/mol. The first kappa shape index (κ1) is 8.97. The van der Waals surface area contributed by atoms with Gasteiger partial charge in [-0.1, -0.05) is 33.6 Å². The van der Waals surface area contributed by atoms with Crippen molar-refractivity contribution in [3.63, 3.8) is 0 Å². The molecule has 2 aromatic rings. The average molecular weight is 257 g/mol. The topological polar surface area (TPSA) is 12.9 Å². The molecule has 13 heavy (non-hydrogen) atoms. The molecule has 2 rings (SSSR count). The van der Waals surface area contributed by atoms with Crippen LogP contribution in [0.1, 0.15) is 5.56 Å². The molecule has 0 bridgehead atoms. The Labute approximate surface area is 89.9 Å².